The molecular weight excluding hydrogens is 266 g/mol. The standard InChI is InChI=1S/C16H25N3O2/c1-17(2)15-6-4-14(5-7-15)16(20)18(3)8-9-19-10-12-21-13-11-19/h4-7H,8-13H2,1-3H3. The number of rotatable bonds is 5. The van der Waals surface area contributed by atoms with E-state index in [9.17, 15) is 4.79 Å². The second kappa shape index (κ2) is 7.43. The third-order valence-electron chi connectivity index (χ3n) is 3.83. The molecule has 1 aliphatic heterocycles. The largest absolute Gasteiger partial charge is 0.379 e. The maximum Gasteiger partial charge on any atom is 0.253 e. The summed E-state index contributed by atoms with van der Waals surface area (Å²) < 4.78 is 5.33. The molecule has 116 valence electrons. The van der Waals surface area contributed by atoms with E-state index in [1.807, 2.05) is 50.3 Å². The predicted octanol–water partition coefficient (Wildman–Crippen LogP) is 1.16. The zero-order chi connectivity index (χ0) is 15.2. The number of hydrogen-bond acceptors (Lipinski definition) is 4. The van der Waals surface area contributed by atoms with Crippen LogP contribution in [0.4, 0.5) is 5.69 Å². The summed E-state index contributed by atoms with van der Waals surface area (Å²) >= 11 is 0. The molecule has 1 aromatic rings. The van der Waals surface area contributed by atoms with Gasteiger partial charge in [-0.1, -0.05) is 0 Å². The van der Waals surface area contributed by atoms with Crippen molar-refractivity contribution in [1.82, 2.24) is 9.80 Å². The number of hydrogen-bond donors (Lipinski definition) is 0. The lowest BCUT2D eigenvalue weighted by Gasteiger charge is -2.28. The van der Waals surface area contributed by atoms with Crippen LogP contribution in [0.2, 0.25) is 0 Å². The van der Waals surface area contributed by atoms with Gasteiger partial charge in [-0.3, -0.25) is 9.69 Å². The van der Waals surface area contributed by atoms with E-state index in [0.717, 1.165) is 50.6 Å². The first kappa shape index (κ1) is 15.8. The van der Waals surface area contributed by atoms with Gasteiger partial charge in [0.05, 0.1) is 13.2 Å². The van der Waals surface area contributed by atoms with E-state index in [1.165, 1.54) is 0 Å². The summed E-state index contributed by atoms with van der Waals surface area (Å²) in [5, 5.41) is 0. The Morgan fingerprint density at radius 1 is 1.14 bits per heavy atom. The summed E-state index contributed by atoms with van der Waals surface area (Å²) in [5.74, 6) is 0.0774. The van der Waals surface area contributed by atoms with Gasteiger partial charge in [0.25, 0.3) is 5.91 Å². The van der Waals surface area contributed by atoms with Crippen LogP contribution in [0.25, 0.3) is 0 Å². The number of morpholine rings is 1. The first-order chi connectivity index (χ1) is 10.1. The molecule has 2 rings (SSSR count). The second-order valence-electron chi connectivity index (χ2n) is 5.62. The van der Waals surface area contributed by atoms with Crippen molar-refractivity contribution < 1.29 is 9.53 Å². The Bertz CT molecular complexity index is 453. The first-order valence-corrected chi connectivity index (χ1v) is 7.41. The molecule has 0 bridgehead atoms. The molecule has 0 saturated carbocycles. The lowest BCUT2D eigenvalue weighted by atomic mass is 10.2. The quantitative estimate of drug-likeness (QED) is 0.815. The molecule has 0 radical (unpaired) electrons. The Morgan fingerprint density at radius 3 is 2.33 bits per heavy atom. The SMILES string of the molecule is CN(CCN1CCOCC1)C(=O)c1ccc(N(C)C)cc1. The van der Waals surface area contributed by atoms with Gasteiger partial charge in [-0.2, -0.15) is 0 Å². The summed E-state index contributed by atoms with van der Waals surface area (Å²) in [6, 6.07) is 7.73. The summed E-state index contributed by atoms with van der Waals surface area (Å²) in [4.78, 5) is 18.5. The van der Waals surface area contributed by atoms with E-state index >= 15 is 0 Å². The van der Waals surface area contributed by atoms with Crippen molar-refractivity contribution in [1.29, 1.82) is 0 Å². The molecule has 0 aromatic heterocycles. The van der Waals surface area contributed by atoms with E-state index in [-0.39, 0.29) is 5.91 Å². The van der Waals surface area contributed by atoms with Crippen LogP contribution < -0.4 is 4.90 Å². The summed E-state index contributed by atoms with van der Waals surface area (Å²) in [7, 11) is 5.85. The molecule has 0 aliphatic carbocycles. The monoisotopic (exact) mass is 291 g/mol. The normalized spacial score (nSPS) is 15.8. The molecule has 0 unspecified atom stereocenters. The maximum atomic E-state index is 12.4. The minimum atomic E-state index is 0.0774. The number of benzene rings is 1. The molecule has 1 amide bonds. The Labute approximate surface area is 127 Å². The average molecular weight is 291 g/mol. The van der Waals surface area contributed by atoms with Crippen molar-refractivity contribution in [3.8, 4) is 0 Å². The van der Waals surface area contributed by atoms with E-state index in [0.29, 0.717) is 0 Å². The van der Waals surface area contributed by atoms with Gasteiger partial charge in [-0.15, -0.1) is 0 Å². The molecule has 1 aromatic carbocycles. The van der Waals surface area contributed by atoms with Gasteiger partial charge in [0, 0.05) is 58.6 Å². The Kier molecular flexibility index (Phi) is 5.59. The van der Waals surface area contributed by atoms with Gasteiger partial charge in [-0.25, -0.2) is 0 Å². The van der Waals surface area contributed by atoms with E-state index in [2.05, 4.69) is 4.90 Å². The van der Waals surface area contributed by atoms with Crippen molar-refractivity contribution >= 4 is 11.6 Å². The van der Waals surface area contributed by atoms with Crippen molar-refractivity contribution in [2.45, 2.75) is 0 Å². The zero-order valence-corrected chi connectivity index (χ0v) is 13.2. The predicted molar refractivity (Wildman–Crippen MR) is 85.0 cm³/mol. The number of carbonyl (C=O) groups is 1. The van der Waals surface area contributed by atoms with Gasteiger partial charge in [0.1, 0.15) is 0 Å². The van der Waals surface area contributed by atoms with Crippen LogP contribution in [-0.4, -0.2) is 76.2 Å². The summed E-state index contributed by atoms with van der Waals surface area (Å²) in [6.07, 6.45) is 0. The van der Waals surface area contributed by atoms with Crippen LogP contribution in [0.1, 0.15) is 10.4 Å². The van der Waals surface area contributed by atoms with Gasteiger partial charge >= 0.3 is 0 Å². The third kappa shape index (κ3) is 4.44. The van der Waals surface area contributed by atoms with Gasteiger partial charge in [0.2, 0.25) is 0 Å². The number of anilines is 1. The highest BCUT2D eigenvalue weighted by atomic mass is 16.5. The molecule has 0 spiro atoms. The van der Waals surface area contributed by atoms with Gasteiger partial charge < -0.3 is 14.5 Å². The smallest absolute Gasteiger partial charge is 0.253 e. The summed E-state index contributed by atoms with van der Waals surface area (Å²) in [6.45, 7) is 5.15. The number of carbonyl (C=O) groups excluding carboxylic acids is 1. The van der Waals surface area contributed by atoms with Crippen molar-refractivity contribution in [2.75, 3.05) is 65.4 Å². The molecule has 1 aliphatic rings. The highest BCUT2D eigenvalue weighted by Crippen LogP contribution is 2.13. The number of nitrogens with zero attached hydrogens (tertiary/aromatic N) is 3. The maximum absolute atomic E-state index is 12.4. The van der Waals surface area contributed by atoms with Crippen molar-refractivity contribution in [3.05, 3.63) is 29.8 Å². The molecule has 5 heteroatoms. The summed E-state index contributed by atoms with van der Waals surface area (Å²) in [5.41, 5.74) is 1.84. The van der Waals surface area contributed by atoms with Gasteiger partial charge in [-0.05, 0) is 24.3 Å². The molecule has 1 fully saturated rings. The van der Waals surface area contributed by atoms with Crippen LogP contribution in [0, 0.1) is 0 Å². The topological polar surface area (TPSA) is 36.0 Å². The average Bonchev–Trinajstić information content (AvgIpc) is 2.53. The third-order valence-corrected chi connectivity index (χ3v) is 3.83. The highest BCUT2D eigenvalue weighted by molar-refractivity contribution is 5.94. The minimum absolute atomic E-state index is 0.0774. The number of ether oxygens (including phenoxy) is 1. The Morgan fingerprint density at radius 2 is 1.76 bits per heavy atom. The van der Waals surface area contributed by atoms with Crippen LogP contribution in [0.15, 0.2) is 24.3 Å². The van der Waals surface area contributed by atoms with Crippen LogP contribution >= 0.6 is 0 Å². The van der Waals surface area contributed by atoms with Crippen molar-refractivity contribution in [3.63, 3.8) is 0 Å². The van der Waals surface area contributed by atoms with E-state index in [1.54, 1.807) is 4.90 Å². The Balaban J connectivity index is 1.86. The highest BCUT2D eigenvalue weighted by Gasteiger charge is 2.15. The van der Waals surface area contributed by atoms with Crippen LogP contribution in [0.5, 0.6) is 0 Å². The minimum Gasteiger partial charge on any atom is -0.379 e. The fourth-order valence-electron chi connectivity index (χ4n) is 2.34. The molecule has 1 saturated heterocycles. The zero-order valence-electron chi connectivity index (χ0n) is 13.2. The number of amides is 1. The lowest BCUT2D eigenvalue weighted by Crippen LogP contribution is -2.41. The fourth-order valence-corrected chi connectivity index (χ4v) is 2.34. The van der Waals surface area contributed by atoms with E-state index in [4.69, 9.17) is 4.74 Å². The molecule has 0 N–H and O–H groups in total. The molecule has 1 heterocycles. The van der Waals surface area contributed by atoms with Gasteiger partial charge in [0.15, 0.2) is 0 Å². The lowest BCUT2D eigenvalue weighted by molar-refractivity contribution is 0.0338. The Hall–Kier alpha value is -1.59. The molecule has 0 atom stereocenters. The second-order valence-corrected chi connectivity index (χ2v) is 5.62. The molecular formula is C16H25N3O2. The fraction of sp³-hybridized carbons (Fsp3) is 0.562. The number of likely N-dealkylation sites (N-methyl/N-ethyl adjacent to an activating group) is 1. The van der Waals surface area contributed by atoms with Crippen molar-refractivity contribution in [2.24, 2.45) is 0 Å². The first-order valence-electron chi connectivity index (χ1n) is 7.41. The van der Waals surface area contributed by atoms with Crippen LogP contribution in [-0.2, 0) is 4.74 Å². The van der Waals surface area contributed by atoms with Crippen LogP contribution in [0.3, 0.4) is 0 Å². The van der Waals surface area contributed by atoms with E-state index < -0.39 is 0 Å². The molecule has 5 nitrogen and oxygen atoms in total. The molecule has 21 heavy (non-hydrogen) atoms.